The van der Waals surface area contributed by atoms with E-state index in [1.807, 2.05) is 0 Å². The molecule has 2 heteroatoms. The lowest BCUT2D eigenvalue weighted by atomic mass is 9.94. The van der Waals surface area contributed by atoms with E-state index >= 15 is 0 Å². The summed E-state index contributed by atoms with van der Waals surface area (Å²) in [5.74, 6) is 0.783. The number of hydrogen-bond acceptors (Lipinski definition) is 2. The van der Waals surface area contributed by atoms with Gasteiger partial charge in [-0.1, -0.05) is 12.2 Å². The maximum atomic E-state index is 8.47. The Kier molecular flexibility index (Phi) is 4.56. The highest BCUT2D eigenvalue weighted by molar-refractivity contribution is 4.91. The fourth-order valence-electron chi connectivity index (χ4n) is 1.62. The van der Waals surface area contributed by atoms with Crippen LogP contribution < -0.4 is 5.32 Å². The lowest BCUT2D eigenvalue weighted by Crippen LogP contribution is -2.31. The Labute approximate surface area is 80.6 Å². The minimum atomic E-state index is 0.343. The minimum absolute atomic E-state index is 0.343. The van der Waals surface area contributed by atoms with Gasteiger partial charge in [-0.15, -0.1) is 0 Å². The fourth-order valence-corrected chi connectivity index (χ4v) is 1.62. The highest BCUT2D eigenvalue weighted by Crippen LogP contribution is 2.17. The largest absolute Gasteiger partial charge is 0.313 e. The van der Waals surface area contributed by atoms with E-state index in [9.17, 15) is 0 Å². The van der Waals surface area contributed by atoms with Crippen molar-refractivity contribution in [3.8, 4) is 6.07 Å². The average molecular weight is 178 g/mol. The van der Waals surface area contributed by atoms with E-state index in [0.717, 1.165) is 12.5 Å². The summed E-state index contributed by atoms with van der Waals surface area (Å²) in [5.41, 5.74) is 0. The first-order valence-corrected chi connectivity index (χ1v) is 5.08. The Bertz CT molecular complexity index is 203. The lowest BCUT2D eigenvalue weighted by Gasteiger charge is -2.20. The summed E-state index contributed by atoms with van der Waals surface area (Å²) in [5, 5.41) is 11.9. The molecule has 0 aromatic carbocycles. The van der Waals surface area contributed by atoms with Crippen LogP contribution in [0, 0.1) is 17.2 Å². The van der Waals surface area contributed by atoms with Gasteiger partial charge in [0.05, 0.1) is 12.5 Å². The Morgan fingerprint density at radius 3 is 3.08 bits per heavy atom. The third kappa shape index (κ3) is 4.10. The average Bonchev–Trinajstić information content (AvgIpc) is 2.17. The Hall–Kier alpha value is -0.810. The lowest BCUT2D eigenvalue weighted by molar-refractivity contribution is 0.413. The predicted octanol–water partition coefficient (Wildman–Crippen LogP) is 2.23. The zero-order chi connectivity index (χ0) is 9.52. The van der Waals surface area contributed by atoms with Gasteiger partial charge in [-0.2, -0.15) is 5.26 Å². The molecule has 2 atom stereocenters. The molecule has 0 aliphatic heterocycles. The van der Waals surface area contributed by atoms with Crippen LogP contribution in [0.4, 0.5) is 0 Å². The van der Waals surface area contributed by atoms with Gasteiger partial charge in [0.1, 0.15) is 0 Å². The molecule has 0 heterocycles. The predicted molar refractivity (Wildman–Crippen MR) is 54.2 cm³/mol. The third-order valence-electron chi connectivity index (χ3n) is 2.53. The van der Waals surface area contributed by atoms with Gasteiger partial charge in [0.25, 0.3) is 0 Å². The molecule has 1 N–H and O–H groups in total. The van der Waals surface area contributed by atoms with Gasteiger partial charge in [-0.25, -0.2) is 0 Å². The van der Waals surface area contributed by atoms with Crippen molar-refractivity contribution in [2.45, 2.75) is 38.6 Å². The van der Waals surface area contributed by atoms with Crippen molar-refractivity contribution in [1.82, 2.24) is 5.32 Å². The van der Waals surface area contributed by atoms with Crippen LogP contribution in [-0.2, 0) is 0 Å². The first-order chi connectivity index (χ1) is 6.33. The van der Waals surface area contributed by atoms with Crippen molar-refractivity contribution < 1.29 is 0 Å². The molecule has 0 amide bonds. The number of nitriles is 1. The van der Waals surface area contributed by atoms with E-state index in [1.165, 1.54) is 19.3 Å². The summed E-state index contributed by atoms with van der Waals surface area (Å²) in [6, 6.07) is 2.52. The van der Waals surface area contributed by atoms with Crippen molar-refractivity contribution in [2.24, 2.45) is 5.92 Å². The van der Waals surface area contributed by atoms with Gasteiger partial charge in [0.2, 0.25) is 0 Å². The van der Waals surface area contributed by atoms with Gasteiger partial charge < -0.3 is 5.32 Å². The molecular weight excluding hydrogens is 160 g/mol. The molecule has 0 spiro atoms. The highest BCUT2D eigenvalue weighted by Gasteiger charge is 2.10. The molecule has 0 saturated carbocycles. The Morgan fingerprint density at radius 2 is 2.46 bits per heavy atom. The van der Waals surface area contributed by atoms with Gasteiger partial charge in [0, 0.05) is 6.04 Å². The summed E-state index contributed by atoms with van der Waals surface area (Å²) in [7, 11) is 0. The molecule has 1 aliphatic rings. The van der Waals surface area contributed by atoms with E-state index in [2.05, 4.69) is 30.5 Å². The summed E-state index contributed by atoms with van der Waals surface area (Å²) in [6.07, 6.45) is 8.86. The molecular formula is C11H18N2. The van der Waals surface area contributed by atoms with E-state index in [0.29, 0.717) is 12.5 Å². The maximum absolute atomic E-state index is 8.47. The Morgan fingerprint density at radius 1 is 1.62 bits per heavy atom. The van der Waals surface area contributed by atoms with Gasteiger partial charge in [-0.05, 0) is 38.6 Å². The van der Waals surface area contributed by atoms with Crippen LogP contribution in [0.15, 0.2) is 12.2 Å². The van der Waals surface area contributed by atoms with Crippen LogP contribution in [0.2, 0.25) is 0 Å². The van der Waals surface area contributed by atoms with Crippen molar-refractivity contribution >= 4 is 0 Å². The second kappa shape index (κ2) is 5.77. The second-order valence-corrected chi connectivity index (χ2v) is 3.82. The maximum Gasteiger partial charge on any atom is 0.0638 e. The molecule has 0 fully saturated rings. The molecule has 2 nitrogen and oxygen atoms in total. The van der Waals surface area contributed by atoms with Crippen molar-refractivity contribution in [2.75, 3.05) is 6.54 Å². The Balaban J connectivity index is 2.11. The van der Waals surface area contributed by atoms with Gasteiger partial charge in [-0.3, -0.25) is 0 Å². The van der Waals surface area contributed by atoms with Crippen molar-refractivity contribution in [3.63, 3.8) is 0 Å². The number of nitrogens with one attached hydrogen (secondary N) is 1. The molecule has 0 bridgehead atoms. The van der Waals surface area contributed by atoms with Crippen molar-refractivity contribution in [1.29, 1.82) is 5.26 Å². The van der Waals surface area contributed by atoms with Gasteiger partial charge >= 0.3 is 0 Å². The number of nitrogens with zero attached hydrogens (tertiary/aromatic N) is 1. The van der Waals surface area contributed by atoms with Crippen LogP contribution >= 0.6 is 0 Å². The summed E-state index contributed by atoms with van der Waals surface area (Å²) < 4.78 is 0. The molecule has 0 saturated heterocycles. The SMILES string of the molecule is CC(CC#N)NCC1CC=CCC1. The van der Waals surface area contributed by atoms with Gasteiger partial charge in [0.15, 0.2) is 0 Å². The van der Waals surface area contributed by atoms with Crippen LogP contribution in [0.5, 0.6) is 0 Å². The monoisotopic (exact) mass is 178 g/mol. The number of hydrogen-bond donors (Lipinski definition) is 1. The summed E-state index contributed by atoms with van der Waals surface area (Å²) in [6.45, 7) is 3.13. The van der Waals surface area contributed by atoms with Crippen LogP contribution in [0.1, 0.15) is 32.6 Å². The summed E-state index contributed by atoms with van der Waals surface area (Å²) in [4.78, 5) is 0. The quantitative estimate of drug-likeness (QED) is 0.670. The first kappa shape index (κ1) is 10.3. The van der Waals surface area contributed by atoms with Crippen LogP contribution in [0.25, 0.3) is 0 Å². The summed E-state index contributed by atoms with van der Waals surface area (Å²) >= 11 is 0. The molecule has 1 aliphatic carbocycles. The molecule has 0 aromatic rings. The fraction of sp³-hybridized carbons (Fsp3) is 0.727. The smallest absolute Gasteiger partial charge is 0.0638 e. The minimum Gasteiger partial charge on any atom is -0.313 e. The van der Waals surface area contributed by atoms with E-state index in [4.69, 9.17) is 5.26 Å². The zero-order valence-electron chi connectivity index (χ0n) is 8.29. The standard InChI is InChI=1S/C11H18N2/c1-10(7-8-12)13-9-11-5-3-2-4-6-11/h2-3,10-11,13H,4-7,9H2,1H3. The topological polar surface area (TPSA) is 35.8 Å². The number of rotatable bonds is 4. The molecule has 1 rings (SSSR count). The molecule has 0 aromatic heterocycles. The normalized spacial score (nSPS) is 23.8. The number of allylic oxidation sites excluding steroid dienone is 2. The third-order valence-corrected chi connectivity index (χ3v) is 2.53. The van der Waals surface area contributed by atoms with Crippen LogP contribution in [-0.4, -0.2) is 12.6 Å². The molecule has 13 heavy (non-hydrogen) atoms. The molecule has 0 radical (unpaired) electrons. The van der Waals surface area contributed by atoms with E-state index in [-0.39, 0.29) is 0 Å². The zero-order valence-corrected chi connectivity index (χ0v) is 8.29. The molecule has 72 valence electrons. The van der Waals surface area contributed by atoms with Crippen LogP contribution in [0.3, 0.4) is 0 Å². The van der Waals surface area contributed by atoms with E-state index < -0.39 is 0 Å². The molecule has 2 unspecified atom stereocenters. The first-order valence-electron chi connectivity index (χ1n) is 5.08. The van der Waals surface area contributed by atoms with Crippen molar-refractivity contribution in [3.05, 3.63) is 12.2 Å². The second-order valence-electron chi connectivity index (χ2n) is 3.82. The van der Waals surface area contributed by atoms with E-state index in [1.54, 1.807) is 0 Å². The highest BCUT2D eigenvalue weighted by atomic mass is 14.9.